The largest absolute Gasteiger partial charge is 0.507 e. The number of phenolic OH excluding ortho intramolecular Hbond substituents is 1. The zero-order valence-corrected chi connectivity index (χ0v) is 16.5. The van der Waals surface area contributed by atoms with Gasteiger partial charge in [-0.25, -0.2) is 4.98 Å². The number of rotatable bonds is 6. The van der Waals surface area contributed by atoms with Crippen LogP contribution < -0.4 is 4.90 Å². The van der Waals surface area contributed by atoms with Gasteiger partial charge in [-0.3, -0.25) is 4.79 Å². The van der Waals surface area contributed by atoms with Gasteiger partial charge in [-0.2, -0.15) is 0 Å². The minimum absolute atomic E-state index is 0.0984. The highest BCUT2D eigenvalue weighted by molar-refractivity contribution is 5.84. The van der Waals surface area contributed by atoms with Crippen LogP contribution in [0.4, 0.5) is 5.82 Å². The van der Waals surface area contributed by atoms with Crippen LogP contribution in [0.1, 0.15) is 18.9 Å². The number of hydrogen-bond acceptors (Lipinski definition) is 6. The van der Waals surface area contributed by atoms with Gasteiger partial charge in [-0.15, -0.1) is 0 Å². The standard InChI is InChI=1S/C22H26N2O4/c1-4-28-13-18-22(21(26)27-3)11-15(22)12-24(18)19-10-6-9-17(23-19)16-8-5-7-14(2)20(16)25/h5-10,15,18,25H,4,11-13H2,1-3H3/t15-,18?,22+/m0/s1. The van der Waals surface area contributed by atoms with Crippen molar-refractivity contribution < 1.29 is 19.4 Å². The second-order valence-corrected chi connectivity index (χ2v) is 7.61. The van der Waals surface area contributed by atoms with E-state index in [1.54, 1.807) is 0 Å². The van der Waals surface area contributed by atoms with Crippen molar-refractivity contribution in [3.63, 3.8) is 0 Å². The van der Waals surface area contributed by atoms with E-state index in [4.69, 9.17) is 14.5 Å². The molecule has 1 aromatic heterocycles. The zero-order chi connectivity index (χ0) is 19.9. The molecule has 1 unspecified atom stereocenters. The van der Waals surface area contributed by atoms with Crippen molar-refractivity contribution in [3.8, 4) is 17.0 Å². The van der Waals surface area contributed by atoms with E-state index in [9.17, 15) is 9.90 Å². The minimum Gasteiger partial charge on any atom is -0.507 e. The average Bonchev–Trinajstić information content (AvgIpc) is 3.35. The molecule has 1 aromatic carbocycles. The maximum Gasteiger partial charge on any atom is 0.314 e. The number of nitrogens with zero attached hydrogens (tertiary/aromatic N) is 2. The monoisotopic (exact) mass is 382 g/mol. The van der Waals surface area contributed by atoms with E-state index in [1.807, 2.05) is 50.2 Å². The number of aromatic nitrogens is 1. The summed E-state index contributed by atoms with van der Waals surface area (Å²) in [5, 5.41) is 10.4. The van der Waals surface area contributed by atoms with E-state index >= 15 is 0 Å². The first kappa shape index (κ1) is 18.7. The molecule has 2 aliphatic rings. The van der Waals surface area contributed by atoms with E-state index in [2.05, 4.69) is 4.90 Å². The van der Waals surface area contributed by atoms with Gasteiger partial charge >= 0.3 is 5.97 Å². The molecule has 6 nitrogen and oxygen atoms in total. The Bertz CT molecular complexity index is 900. The number of carbonyl (C=O) groups excluding carboxylic acids is 1. The summed E-state index contributed by atoms with van der Waals surface area (Å²) in [7, 11) is 1.45. The summed E-state index contributed by atoms with van der Waals surface area (Å²) < 4.78 is 10.8. The molecule has 0 bridgehead atoms. The summed E-state index contributed by atoms with van der Waals surface area (Å²) in [6, 6.07) is 11.3. The highest BCUT2D eigenvalue weighted by Crippen LogP contribution is 2.62. The van der Waals surface area contributed by atoms with E-state index in [0.29, 0.717) is 24.5 Å². The SMILES string of the molecule is CCOCC1N(c2cccc(-c3cccc(C)c3O)n2)C[C@@H]2C[C@]12C(=O)OC. The van der Waals surface area contributed by atoms with Crippen LogP contribution in [-0.2, 0) is 14.3 Å². The van der Waals surface area contributed by atoms with Gasteiger partial charge in [0.1, 0.15) is 11.6 Å². The lowest BCUT2D eigenvalue weighted by atomic mass is 9.96. The van der Waals surface area contributed by atoms with E-state index in [0.717, 1.165) is 24.3 Å². The Balaban J connectivity index is 1.69. The van der Waals surface area contributed by atoms with E-state index in [1.165, 1.54) is 7.11 Å². The molecule has 2 fully saturated rings. The highest BCUT2D eigenvalue weighted by Gasteiger charge is 2.71. The number of phenols is 1. The van der Waals surface area contributed by atoms with Gasteiger partial charge in [0.05, 0.1) is 30.9 Å². The number of carbonyl (C=O) groups is 1. The zero-order valence-electron chi connectivity index (χ0n) is 16.5. The Morgan fingerprint density at radius 1 is 1.32 bits per heavy atom. The lowest BCUT2D eigenvalue weighted by Gasteiger charge is -2.32. The smallest absolute Gasteiger partial charge is 0.314 e. The van der Waals surface area contributed by atoms with Crippen LogP contribution in [0.2, 0.25) is 0 Å². The molecule has 4 rings (SSSR count). The normalized spacial score (nSPS) is 25.5. The summed E-state index contributed by atoms with van der Waals surface area (Å²) in [6.07, 6.45) is 0.840. The van der Waals surface area contributed by atoms with Gasteiger partial charge < -0.3 is 19.5 Å². The third-order valence-corrected chi connectivity index (χ3v) is 6.13. The van der Waals surface area contributed by atoms with Crippen molar-refractivity contribution in [1.82, 2.24) is 4.98 Å². The quantitative estimate of drug-likeness (QED) is 0.774. The van der Waals surface area contributed by atoms with Crippen LogP contribution in [0.5, 0.6) is 5.75 Å². The Hall–Kier alpha value is -2.60. The molecule has 1 saturated carbocycles. The molecule has 1 aliphatic carbocycles. The molecule has 2 heterocycles. The van der Waals surface area contributed by atoms with E-state index < -0.39 is 5.41 Å². The number of pyridine rings is 1. The Morgan fingerprint density at radius 3 is 2.86 bits per heavy atom. The summed E-state index contributed by atoms with van der Waals surface area (Å²) in [6.45, 7) is 5.63. The number of methoxy groups -OCH3 is 1. The molecule has 148 valence electrons. The van der Waals surface area contributed by atoms with Gasteiger partial charge in [-0.1, -0.05) is 18.2 Å². The number of esters is 1. The fraction of sp³-hybridized carbons (Fsp3) is 0.455. The number of para-hydroxylation sites is 1. The van der Waals surface area contributed by atoms with Gasteiger partial charge in [0.2, 0.25) is 0 Å². The van der Waals surface area contributed by atoms with Crippen LogP contribution in [0.25, 0.3) is 11.3 Å². The fourth-order valence-electron chi connectivity index (χ4n) is 4.52. The molecule has 3 atom stereocenters. The third kappa shape index (κ3) is 2.83. The summed E-state index contributed by atoms with van der Waals surface area (Å²) >= 11 is 0. The van der Waals surface area contributed by atoms with Crippen molar-refractivity contribution in [1.29, 1.82) is 0 Å². The third-order valence-electron chi connectivity index (χ3n) is 6.13. The molecule has 6 heteroatoms. The predicted molar refractivity (Wildman–Crippen MR) is 106 cm³/mol. The van der Waals surface area contributed by atoms with Crippen LogP contribution in [0, 0.1) is 18.3 Å². The number of aryl methyl sites for hydroxylation is 1. The van der Waals surface area contributed by atoms with Crippen LogP contribution in [-0.4, -0.2) is 49.0 Å². The summed E-state index contributed by atoms with van der Waals surface area (Å²) in [5.41, 5.74) is 1.73. The van der Waals surface area contributed by atoms with Crippen molar-refractivity contribution in [2.45, 2.75) is 26.3 Å². The first-order valence-corrected chi connectivity index (χ1v) is 9.71. The number of piperidine rings is 1. The second-order valence-electron chi connectivity index (χ2n) is 7.61. The molecule has 0 radical (unpaired) electrons. The van der Waals surface area contributed by atoms with E-state index in [-0.39, 0.29) is 23.7 Å². The van der Waals surface area contributed by atoms with Gasteiger partial charge in [0.15, 0.2) is 0 Å². The van der Waals surface area contributed by atoms with Crippen LogP contribution >= 0.6 is 0 Å². The second kappa shape index (κ2) is 7.09. The molecule has 1 N–H and O–H groups in total. The topological polar surface area (TPSA) is 71.9 Å². The highest BCUT2D eigenvalue weighted by atomic mass is 16.5. The van der Waals surface area contributed by atoms with Gasteiger partial charge in [-0.05, 0) is 49.9 Å². The number of ether oxygens (including phenoxy) is 2. The first-order chi connectivity index (χ1) is 13.5. The molecule has 1 aliphatic heterocycles. The summed E-state index contributed by atoms with van der Waals surface area (Å²) in [5.74, 6) is 1.15. The van der Waals surface area contributed by atoms with Crippen LogP contribution in [0.3, 0.4) is 0 Å². The van der Waals surface area contributed by atoms with Crippen LogP contribution in [0.15, 0.2) is 36.4 Å². The fourth-order valence-corrected chi connectivity index (χ4v) is 4.52. The molecule has 0 spiro atoms. The Kier molecular flexibility index (Phi) is 4.75. The lowest BCUT2D eigenvalue weighted by Crippen LogP contribution is -2.44. The first-order valence-electron chi connectivity index (χ1n) is 9.71. The number of anilines is 1. The predicted octanol–water partition coefficient (Wildman–Crippen LogP) is 3.17. The Labute approximate surface area is 165 Å². The minimum atomic E-state index is -0.493. The Morgan fingerprint density at radius 2 is 2.11 bits per heavy atom. The van der Waals surface area contributed by atoms with Crippen molar-refractivity contribution in [2.24, 2.45) is 11.3 Å². The number of hydrogen-bond donors (Lipinski definition) is 1. The lowest BCUT2D eigenvalue weighted by molar-refractivity contribution is -0.148. The maximum atomic E-state index is 12.5. The molecule has 28 heavy (non-hydrogen) atoms. The number of fused-ring (bicyclic) bond motifs is 1. The number of benzene rings is 1. The molecule has 2 aromatic rings. The molecule has 1 saturated heterocycles. The van der Waals surface area contributed by atoms with Crippen molar-refractivity contribution >= 4 is 11.8 Å². The average molecular weight is 382 g/mol. The molecular formula is C22H26N2O4. The molecular weight excluding hydrogens is 356 g/mol. The number of aromatic hydroxyl groups is 1. The molecule has 0 amide bonds. The summed E-state index contributed by atoms with van der Waals surface area (Å²) in [4.78, 5) is 19.5. The van der Waals surface area contributed by atoms with Crippen molar-refractivity contribution in [3.05, 3.63) is 42.0 Å². The maximum absolute atomic E-state index is 12.5. The van der Waals surface area contributed by atoms with Crippen molar-refractivity contribution in [2.75, 3.05) is 31.8 Å². The van der Waals surface area contributed by atoms with Gasteiger partial charge in [0.25, 0.3) is 0 Å². The van der Waals surface area contributed by atoms with Gasteiger partial charge in [0, 0.05) is 18.7 Å².